The van der Waals surface area contributed by atoms with Gasteiger partial charge in [-0.3, -0.25) is 4.79 Å². The number of ketones is 1. The summed E-state index contributed by atoms with van der Waals surface area (Å²) in [4.78, 5) is 12.3. The first kappa shape index (κ1) is 12.0. The monoisotopic (exact) mass is 372 g/mol. The molecule has 0 spiro atoms. The molecule has 0 saturated carbocycles. The van der Waals surface area contributed by atoms with Gasteiger partial charge in [0.2, 0.25) is 0 Å². The van der Waals surface area contributed by atoms with Gasteiger partial charge in [-0.15, -0.1) is 11.3 Å². The quantitative estimate of drug-likeness (QED) is 0.599. The van der Waals surface area contributed by atoms with Gasteiger partial charge in [0, 0.05) is 16.5 Å². The highest BCUT2D eigenvalue weighted by molar-refractivity contribution is 14.1. The normalized spacial score (nSPS) is 13.4. The summed E-state index contributed by atoms with van der Waals surface area (Å²) >= 11 is 3.78. The Balaban J connectivity index is 1.95. The van der Waals surface area contributed by atoms with Crippen molar-refractivity contribution >= 4 is 39.7 Å². The van der Waals surface area contributed by atoms with Crippen molar-refractivity contribution in [2.45, 2.75) is 0 Å². The Morgan fingerprint density at radius 2 is 1.89 bits per heavy atom. The molecule has 0 saturated heterocycles. The van der Waals surface area contributed by atoms with E-state index < -0.39 is 0 Å². The predicted molar refractivity (Wildman–Crippen MR) is 77.9 cm³/mol. The molecule has 1 aliphatic rings. The maximum atomic E-state index is 12.3. The van der Waals surface area contributed by atoms with Crippen LogP contribution >= 0.6 is 33.9 Å². The van der Waals surface area contributed by atoms with Gasteiger partial charge in [0.1, 0.15) is 13.2 Å². The van der Waals surface area contributed by atoms with Crippen molar-refractivity contribution < 1.29 is 14.3 Å². The lowest BCUT2D eigenvalue weighted by Gasteiger charge is -2.18. The van der Waals surface area contributed by atoms with Gasteiger partial charge in [-0.1, -0.05) is 0 Å². The molecule has 18 heavy (non-hydrogen) atoms. The van der Waals surface area contributed by atoms with Crippen LogP contribution in [0.5, 0.6) is 11.5 Å². The number of benzene rings is 1. The average Bonchev–Trinajstić information content (AvgIpc) is 2.84. The molecule has 0 amide bonds. The lowest BCUT2D eigenvalue weighted by molar-refractivity contribution is 0.103. The molecular weight excluding hydrogens is 363 g/mol. The number of hydrogen-bond donors (Lipinski definition) is 0. The third-order valence-corrected chi connectivity index (χ3v) is 4.42. The van der Waals surface area contributed by atoms with E-state index >= 15 is 0 Å². The molecule has 0 fully saturated rings. The zero-order chi connectivity index (χ0) is 12.5. The highest BCUT2D eigenvalue weighted by atomic mass is 127. The Labute approximate surface area is 122 Å². The molecule has 2 heterocycles. The first-order valence-corrected chi connectivity index (χ1v) is 7.38. The molecule has 1 aromatic carbocycles. The van der Waals surface area contributed by atoms with E-state index in [9.17, 15) is 4.79 Å². The van der Waals surface area contributed by atoms with Gasteiger partial charge in [-0.2, -0.15) is 0 Å². The highest BCUT2D eigenvalue weighted by Crippen LogP contribution is 2.31. The van der Waals surface area contributed by atoms with Crippen molar-refractivity contribution in [2.75, 3.05) is 13.2 Å². The van der Waals surface area contributed by atoms with Crippen molar-refractivity contribution in [1.29, 1.82) is 0 Å². The van der Waals surface area contributed by atoms with E-state index in [2.05, 4.69) is 22.6 Å². The summed E-state index contributed by atoms with van der Waals surface area (Å²) in [5.41, 5.74) is 1.36. The summed E-state index contributed by atoms with van der Waals surface area (Å²) in [7, 11) is 0. The van der Waals surface area contributed by atoms with Crippen LogP contribution in [-0.2, 0) is 0 Å². The first-order valence-electron chi connectivity index (χ1n) is 5.42. The van der Waals surface area contributed by atoms with Crippen LogP contribution in [0.3, 0.4) is 0 Å². The summed E-state index contributed by atoms with van der Waals surface area (Å²) in [6.07, 6.45) is 0. The largest absolute Gasteiger partial charge is 0.486 e. The zero-order valence-corrected chi connectivity index (χ0v) is 12.3. The maximum absolute atomic E-state index is 12.3. The lowest BCUT2D eigenvalue weighted by Crippen LogP contribution is -2.15. The Bertz CT molecular complexity index is 606. The molecule has 5 heteroatoms. The predicted octanol–water partition coefficient (Wildman–Crippen LogP) is 3.35. The summed E-state index contributed by atoms with van der Waals surface area (Å²) in [6.45, 7) is 1.09. The van der Waals surface area contributed by atoms with Gasteiger partial charge in [-0.25, -0.2) is 0 Å². The van der Waals surface area contributed by atoms with Crippen molar-refractivity contribution in [3.63, 3.8) is 0 Å². The first-order chi connectivity index (χ1) is 8.74. The van der Waals surface area contributed by atoms with Crippen molar-refractivity contribution in [3.8, 4) is 11.5 Å². The fourth-order valence-electron chi connectivity index (χ4n) is 1.78. The van der Waals surface area contributed by atoms with E-state index in [-0.39, 0.29) is 5.78 Å². The summed E-state index contributed by atoms with van der Waals surface area (Å²) in [6, 6.07) is 7.21. The Morgan fingerprint density at radius 3 is 2.61 bits per heavy atom. The third-order valence-electron chi connectivity index (χ3n) is 2.63. The summed E-state index contributed by atoms with van der Waals surface area (Å²) in [5, 5.41) is 1.88. The van der Waals surface area contributed by atoms with E-state index in [4.69, 9.17) is 9.47 Å². The average molecular weight is 372 g/mol. The fourth-order valence-corrected chi connectivity index (χ4v) is 3.11. The van der Waals surface area contributed by atoms with Gasteiger partial charge < -0.3 is 9.47 Å². The third kappa shape index (κ3) is 2.24. The van der Waals surface area contributed by atoms with E-state index in [0.717, 1.165) is 8.45 Å². The molecule has 1 aromatic heterocycles. The molecule has 0 atom stereocenters. The number of hydrogen-bond acceptors (Lipinski definition) is 4. The van der Waals surface area contributed by atoms with Crippen LogP contribution in [0, 0.1) is 2.88 Å². The standard InChI is InChI=1S/C13H9IO3S/c14-12-6-9(7-18-12)13(15)8-1-2-10-11(5-8)17-4-3-16-10/h1-2,5-7H,3-4H2. The van der Waals surface area contributed by atoms with E-state index in [1.54, 1.807) is 29.5 Å². The van der Waals surface area contributed by atoms with Gasteiger partial charge >= 0.3 is 0 Å². The molecule has 0 radical (unpaired) electrons. The summed E-state index contributed by atoms with van der Waals surface area (Å²) < 4.78 is 12.0. The van der Waals surface area contributed by atoms with Crippen LogP contribution in [0.1, 0.15) is 15.9 Å². The van der Waals surface area contributed by atoms with Gasteiger partial charge in [0.25, 0.3) is 0 Å². The topological polar surface area (TPSA) is 35.5 Å². The number of carbonyl (C=O) groups is 1. The molecule has 1 aliphatic heterocycles. The van der Waals surface area contributed by atoms with Crippen molar-refractivity contribution in [3.05, 3.63) is 43.7 Å². The Kier molecular flexibility index (Phi) is 3.25. The molecule has 3 nitrogen and oxygen atoms in total. The zero-order valence-electron chi connectivity index (χ0n) is 9.31. The minimum absolute atomic E-state index is 0.0196. The van der Waals surface area contributed by atoms with Crippen LogP contribution in [-0.4, -0.2) is 19.0 Å². The van der Waals surface area contributed by atoms with Crippen LogP contribution in [0.25, 0.3) is 0 Å². The number of halogens is 1. The second kappa shape index (κ2) is 4.89. The number of ether oxygens (including phenoxy) is 2. The van der Waals surface area contributed by atoms with E-state index in [1.165, 1.54) is 0 Å². The smallest absolute Gasteiger partial charge is 0.194 e. The molecule has 3 rings (SSSR count). The van der Waals surface area contributed by atoms with Crippen LogP contribution in [0.15, 0.2) is 29.6 Å². The van der Waals surface area contributed by atoms with Crippen LogP contribution < -0.4 is 9.47 Å². The molecule has 0 bridgehead atoms. The molecular formula is C13H9IO3S. The summed E-state index contributed by atoms with van der Waals surface area (Å²) in [5.74, 6) is 1.38. The number of thiophene rings is 1. The van der Waals surface area contributed by atoms with Crippen molar-refractivity contribution in [2.24, 2.45) is 0 Å². The van der Waals surface area contributed by atoms with Gasteiger partial charge in [0.15, 0.2) is 17.3 Å². The van der Waals surface area contributed by atoms with E-state index in [1.807, 2.05) is 11.4 Å². The Hall–Kier alpha value is -1.08. The highest BCUT2D eigenvalue weighted by Gasteiger charge is 2.16. The number of fused-ring (bicyclic) bond motifs is 1. The second-order valence-corrected chi connectivity index (χ2v) is 6.63. The molecule has 0 N–H and O–H groups in total. The minimum atomic E-state index is 0.0196. The van der Waals surface area contributed by atoms with E-state index in [0.29, 0.717) is 30.3 Å². The molecule has 0 unspecified atom stereocenters. The van der Waals surface area contributed by atoms with Gasteiger partial charge in [0.05, 0.1) is 2.88 Å². The van der Waals surface area contributed by atoms with Gasteiger partial charge in [-0.05, 0) is 46.9 Å². The fraction of sp³-hybridized carbons (Fsp3) is 0.154. The minimum Gasteiger partial charge on any atom is -0.486 e. The van der Waals surface area contributed by atoms with Crippen molar-refractivity contribution in [1.82, 2.24) is 0 Å². The maximum Gasteiger partial charge on any atom is 0.194 e. The Morgan fingerprint density at radius 1 is 1.11 bits per heavy atom. The molecule has 92 valence electrons. The van der Waals surface area contributed by atoms with Crippen LogP contribution in [0.2, 0.25) is 0 Å². The molecule has 2 aromatic rings. The second-order valence-electron chi connectivity index (χ2n) is 3.83. The van der Waals surface area contributed by atoms with Crippen LogP contribution in [0.4, 0.5) is 0 Å². The number of carbonyl (C=O) groups excluding carboxylic acids is 1. The molecule has 0 aliphatic carbocycles. The SMILES string of the molecule is O=C(c1csc(I)c1)c1ccc2c(c1)OCCO2. The lowest BCUT2D eigenvalue weighted by atomic mass is 10.1. The number of rotatable bonds is 2.